The van der Waals surface area contributed by atoms with Crippen molar-refractivity contribution in [2.75, 3.05) is 0 Å². The monoisotopic (exact) mass is 336 g/mol. The quantitative estimate of drug-likeness (QED) is 0.812. The van der Waals surface area contributed by atoms with E-state index in [9.17, 15) is 18.0 Å². The van der Waals surface area contributed by atoms with Crippen molar-refractivity contribution in [1.29, 1.82) is 0 Å². The Kier molecular flexibility index (Phi) is 3.64. The second kappa shape index (κ2) is 5.51. The van der Waals surface area contributed by atoms with Crippen molar-refractivity contribution in [3.8, 4) is 5.88 Å². The van der Waals surface area contributed by atoms with Crippen LogP contribution in [0.3, 0.4) is 0 Å². The summed E-state index contributed by atoms with van der Waals surface area (Å²) in [4.78, 5) is 27.0. The lowest BCUT2D eigenvalue weighted by molar-refractivity contribution is -0.140. The Morgan fingerprint density at radius 3 is 2.65 bits per heavy atom. The second-order valence-electron chi connectivity index (χ2n) is 4.96. The van der Waals surface area contributed by atoms with E-state index in [1.54, 1.807) is 18.2 Å². The van der Waals surface area contributed by atoms with Gasteiger partial charge in [0.2, 0.25) is 5.88 Å². The number of aryl methyl sites for hydroxylation is 1. The van der Waals surface area contributed by atoms with Crippen LogP contribution in [0.1, 0.15) is 18.3 Å². The Bertz CT molecular complexity index is 920. The normalized spacial score (nSPS) is 16.8. The smallest absolute Gasteiger partial charge is 0.340 e. The van der Waals surface area contributed by atoms with E-state index in [0.717, 1.165) is 10.6 Å². The number of aromatic nitrogens is 2. The van der Waals surface area contributed by atoms with Crippen LogP contribution in [0.5, 0.6) is 5.88 Å². The van der Waals surface area contributed by atoms with E-state index < -0.39 is 27.7 Å². The summed E-state index contributed by atoms with van der Waals surface area (Å²) in [6.07, 6.45) is 0.487. The summed E-state index contributed by atoms with van der Waals surface area (Å²) in [5, 5.41) is 9.07. The number of hydrogen-bond acceptors (Lipinski definition) is 6. The van der Waals surface area contributed by atoms with Crippen LogP contribution in [0, 0.1) is 0 Å². The van der Waals surface area contributed by atoms with E-state index in [4.69, 9.17) is 9.29 Å². The van der Waals surface area contributed by atoms with Crippen molar-refractivity contribution in [1.82, 2.24) is 9.55 Å². The Hall–Kier alpha value is -2.68. The molecule has 2 heterocycles. The van der Waals surface area contributed by atoms with Crippen LogP contribution in [-0.2, 0) is 21.3 Å². The van der Waals surface area contributed by atoms with Crippen LogP contribution in [0.15, 0.2) is 46.1 Å². The molecule has 1 aliphatic rings. The number of fused-ring (bicyclic) bond motifs is 1. The third-order valence-electron chi connectivity index (χ3n) is 3.47. The molecular weight excluding hydrogens is 324 g/mol. The van der Waals surface area contributed by atoms with Crippen molar-refractivity contribution in [2.45, 2.75) is 23.8 Å². The molecule has 1 atom stereocenters. The van der Waals surface area contributed by atoms with Crippen LogP contribution in [0.4, 0.5) is 0 Å². The lowest BCUT2D eigenvalue weighted by Gasteiger charge is -2.10. The fourth-order valence-corrected chi connectivity index (χ4v) is 3.34. The van der Waals surface area contributed by atoms with Gasteiger partial charge < -0.3 is 9.29 Å². The van der Waals surface area contributed by atoms with Gasteiger partial charge in [-0.3, -0.25) is 9.36 Å². The lowest BCUT2D eigenvalue weighted by Crippen LogP contribution is -2.28. The van der Waals surface area contributed by atoms with Crippen LogP contribution in [0.25, 0.3) is 0 Å². The first-order valence-corrected chi connectivity index (χ1v) is 8.14. The minimum Gasteiger partial charge on any atom is -0.480 e. The Morgan fingerprint density at radius 2 is 2.00 bits per heavy atom. The molecule has 1 aromatic heterocycles. The van der Waals surface area contributed by atoms with Gasteiger partial charge in [0.25, 0.3) is 5.56 Å². The van der Waals surface area contributed by atoms with Gasteiger partial charge in [-0.15, -0.1) is 0 Å². The van der Waals surface area contributed by atoms with Gasteiger partial charge in [0.1, 0.15) is 16.8 Å². The highest BCUT2D eigenvalue weighted by molar-refractivity contribution is 7.87. The van der Waals surface area contributed by atoms with Crippen LogP contribution >= 0.6 is 0 Å². The molecule has 1 aromatic carbocycles. The van der Waals surface area contributed by atoms with Gasteiger partial charge in [-0.25, -0.2) is 4.79 Å². The fraction of sp³-hybridized carbons (Fsp3) is 0.214. The number of nitrogens with zero attached hydrogens (tertiary/aromatic N) is 2. The molecule has 9 heteroatoms. The number of hydrogen-bond donors (Lipinski definition) is 1. The van der Waals surface area contributed by atoms with Crippen molar-refractivity contribution in [3.63, 3.8) is 0 Å². The third kappa shape index (κ3) is 2.82. The molecule has 0 radical (unpaired) electrons. The molecule has 0 aliphatic carbocycles. The van der Waals surface area contributed by atoms with Crippen molar-refractivity contribution in [3.05, 3.63) is 52.6 Å². The number of benzene rings is 1. The second-order valence-corrected chi connectivity index (χ2v) is 6.51. The van der Waals surface area contributed by atoms with Gasteiger partial charge in [-0.05, 0) is 18.6 Å². The molecule has 8 nitrogen and oxygen atoms in total. The van der Waals surface area contributed by atoms with Crippen LogP contribution < -0.4 is 9.74 Å². The van der Waals surface area contributed by atoms with E-state index in [1.165, 1.54) is 12.1 Å². The molecule has 0 bridgehead atoms. The van der Waals surface area contributed by atoms with Crippen LogP contribution in [0.2, 0.25) is 0 Å². The van der Waals surface area contributed by atoms with Gasteiger partial charge in [-0.2, -0.15) is 13.4 Å². The maximum atomic E-state index is 12.1. The van der Waals surface area contributed by atoms with Crippen molar-refractivity contribution >= 4 is 16.1 Å². The highest BCUT2D eigenvalue weighted by Crippen LogP contribution is 2.24. The zero-order valence-electron chi connectivity index (χ0n) is 11.7. The molecular formula is C14H12N2O6S. The molecule has 120 valence electrons. The van der Waals surface area contributed by atoms with E-state index in [0.29, 0.717) is 0 Å². The summed E-state index contributed by atoms with van der Waals surface area (Å²) in [5.41, 5.74) is -0.654. The Balaban J connectivity index is 1.97. The highest BCUT2D eigenvalue weighted by atomic mass is 32.2. The van der Waals surface area contributed by atoms with Crippen molar-refractivity contribution < 1.29 is 22.5 Å². The van der Waals surface area contributed by atoms with E-state index in [2.05, 4.69) is 4.98 Å². The molecule has 0 saturated heterocycles. The topological polar surface area (TPSA) is 116 Å². The first kappa shape index (κ1) is 15.2. The van der Waals surface area contributed by atoms with Gasteiger partial charge >= 0.3 is 16.1 Å². The Labute approximate surface area is 131 Å². The molecule has 0 saturated carbocycles. The molecule has 0 spiro atoms. The average Bonchev–Trinajstić information content (AvgIpc) is 2.92. The van der Waals surface area contributed by atoms with Crippen molar-refractivity contribution in [2.24, 2.45) is 0 Å². The standard InChI is InChI=1S/C14H12N2O6S/c17-13-8-12(15-11-7-6-10(14(18)19)16(11)13)22-23(20,21)9-4-2-1-3-5-9/h1-5,8,10H,6-7H2,(H,18,19)/t10-/m0/s1. The maximum Gasteiger partial charge on any atom is 0.340 e. The summed E-state index contributed by atoms with van der Waals surface area (Å²) in [6, 6.07) is 7.35. The summed E-state index contributed by atoms with van der Waals surface area (Å²) < 4.78 is 30.2. The average molecular weight is 336 g/mol. The third-order valence-corrected chi connectivity index (χ3v) is 4.71. The van der Waals surface area contributed by atoms with Gasteiger partial charge in [0, 0.05) is 6.42 Å². The number of aliphatic carboxylic acids is 1. The first-order valence-electron chi connectivity index (χ1n) is 6.73. The highest BCUT2D eigenvalue weighted by Gasteiger charge is 2.31. The summed E-state index contributed by atoms with van der Waals surface area (Å²) >= 11 is 0. The molecule has 0 amide bonds. The number of rotatable bonds is 4. The minimum atomic E-state index is -4.10. The SMILES string of the molecule is O=C(O)[C@@H]1CCc2nc(OS(=O)(=O)c3ccccc3)cc(=O)n21. The maximum absolute atomic E-state index is 12.1. The molecule has 0 fully saturated rings. The first-order chi connectivity index (χ1) is 10.9. The summed E-state index contributed by atoms with van der Waals surface area (Å²) in [5.74, 6) is -1.29. The molecule has 23 heavy (non-hydrogen) atoms. The van der Waals surface area contributed by atoms with E-state index >= 15 is 0 Å². The van der Waals surface area contributed by atoms with E-state index in [1.807, 2.05) is 0 Å². The predicted octanol–water partition coefficient (Wildman–Crippen LogP) is 0.583. The minimum absolute atomic E-state index is 0.0641. The van der Waals surface area contributed by atoms with Gasteiger partial charge in [0.15, 0.2) is 0 Å². The van der Waals surface area contributed by atoms with E-state index in [-0.39, 0.29) is 29.4 Å². The molecule has 1 N–H and O–H groups in total. The number of carbonyl (C=O) groups is 1. The van der Waals surface area contributed by atoms with Crippen LogP contribution in [-0.4, -0.2) is 29.0 Å². The summed E-state index contributed by atoms with van der Waals surface area (Å²) in [6.45, 7) is 0. The van der Waals surface area contributed by atoms with Gasteiger partial charge in [0.05, 0.1) is 6.07 Å². The largest absolute Gasteiger partial charge is 0.480 e. The molecule has 3 rings (SSSR count). The lowest BCUT2D eigenvalue weighted by atomic mass is 10.2. The number of carboxylic acids is 1. The summed E-state index contributed by atoms with van der Waals surface area (Å²) in [7, 11) is -4.10. The zero-order chi connectivity index (χ0) is 16.6. The van der Waals surface area contributed by atoms with Gasteiger partial charge in [-0.1, -0.05) is 18.2 Å². The fourth-order valence-electron chi connectivity index (χ4n) is 2.44. The molecule has 1 aliphatic heterocycles. The zero-order valence-corrected chi connectivity index (χ0v) is 12.6. The predicted molar refractivity (Wildman–Crippen MR) is 77.7 cm³/mol. The molecule has 0 unspecified atom stereocenters. The molecule has 2 aromatic rings. The Morgan fingerprint density at radius 1 is 1.30 bits per heavy atom. The number of carboxylic acid groups (broad SMARTS) is 1.